The summed E-state index contributed by atoms with van der Waals surface area (Å²) in [6, 6.07) is 7.48. The maximum atomic E-state index is 13.3. The molecule has 0 unspecified atom stereocenters. The maximum absolute atomic E-state index is 13.3. The Bertz CT molecular complexity index is 1420. The lowest BCUT2D eigenvalue weighted by atomic mass is 9.88. The molecule has 0 fully saturated rings. The number of nitro benzene ring substituents is 1. The van der Waals surface area contributed by atoms with Crippen LogP contribution in [0.5, 0.6) is 0 Å². The summed E-state index contributed by atoms with van der Waals surface area (Å²) in [7, 11) is 0. The van der Waals surface area contributed by atoms with Gasteiger partial charge in [-0.05, 0) is 48.6 Å². The van der Waals surface area contributed by atoms with Crippen LogP contribution in [0.15, 0.2) is 43.0 Å². The molecule has 1 aliphatic carbocycles. The van der Waals surface area contributed by atoms with Crippen LogP contribution in [0.4, 0.5) is 5.69 Å². The zero-order chi connectivity index (χ0) is 25.5. The normalized spacial score (nSPS) is 14.5. The quantitative estimate of drug-likeness (QED) is 0.340. The molecule has 0 aliphatic heterocycles. The first-order chi connectivity index (χ1) is 16.5. The monoisotopic (exact) mass is 473 g/mol. The standard InChI is InChI=1S/C25H23N5O5/c1-14-8-15(2)21(18-11-25(3,4)22(31)20(14)18)24(33)28-23(32)19(29-13-26-12-27-29)10-16-6-5-7-17(9-16)30(34)35/h5-10,12-13H,11H2,1-4H3,(H,28,32,33)/b19-10-. The van der Waals surface area contributed by atoms with Gasteiger partial charge in [-0.3, -0.25) is 29.8 Å². The molecular weight excluding hydrogens is 450 g/mol. The minimum absolute atomic E-state index is 0.0285. The number of fused-ring (bicyclic) bond motifs is 1. The summed E-state index contributed by atoms with van der Waals surface area (Å²) >= 11 is 0. The van der Waals surface area contributed by atoms with Gasteiger partial charge in [0.1, 0.15) is 18.4 Å². The highest BCUT2D eigenvalue weighted by Gasteiger charge is 2.41. The Hall–Kier alpha value is -4.47. The largest absolute Gasteiger partial charge is 0.294 e. The number of amides is 2. The van der Waals surface area contributed by atoms with E-state index in [1.807, 2.05) is 20.8 Å². The number of rotatable bonds is 5. The SMILES string of the molecule is Cc1cc(C)c2c(c1C(=O)NC(=O)/C(=C/c1cccc([N+](=O)[O-])c1)n1cncn1)CC(C)(C)C2=O. The van der Waals surface area contributed by atoms with Crippen LogP contribution in [-0.4, -0.2) is 37.3 Å². The van der Waals surface area contributed by atoms with Crippen molar-refractivity contribution in [3.8, 4) is 0 Å². The summed E-state index contributed by atoms with van der Waals surface area (Å²) in [5.41, 5.74) is 2.42. The van der Waals surface area contributed by atoms with Crippen LogP contribution in [-0.2, 0) is 11.2 Å². The number of hydrogen-bond donors (Lipinski definition) is 1. The molecule has 1 aliphatic rings. The Morgan fingerprint density at radius 1 is 1.20 bits per heavy atom. The van der Waals surface area contributed by atoms with Crippen LogP contribution in [0, 0.1) is 29.4 Å². The molecule has 10 nitrogen and oxygen atoms in total. The number of carbonyl (C=O) groups excluding carboxylic acids is 3. The molecule has 4 rings (SSSR count). The molecule has 10 heteroatoms. The molecule has 2 amide bonds. The van der Waals surface area contributed by atoms with Gasteiger partial charge in [0.25, 0.3) is 17.5 Å². The number of benzene rings is 2. The van der Waals surface area contributed by atoms with Gasteiger partial charge in [0, 0.05) is 28.7 Å². The number of nitrogens with zero attached hydrogens (tertiary/aromatic N) is 4. The van der Waals surface area contributed by atoms with E-state index in [4.69, 9.17) is 0 Å². The number of non-ortho nitro benzene ring substituents is 1. The van der Waals surface area contributed by atoms with Crippen molar-refractivity contribution in [2.75, 3.05) is 0 Å². The van der Waals surface area contributed by atoms with Gasteiger partial charge >= 0.3 is 0 Å². The number of nitro groups is 1. The molecule has 178 valence electrons. The van der Waals surface area contributed by atoms with E-state index >= 15 is 0 Å². The Kier molecular flexibility index (Phi) is 5.89. The van der Waals surface area contributed by atoms with Gasteiger partial charge in [-0.15, -0.1) is 0 Å². The number of Topliss-reactive ketones (excluding diaryl/α,β-unsaturated/α-hetero) is 1. The molecule has 0 atom stereocenters. The first-order valence-corrected chi connectivity index (χ1v) is 10.8. The highest BCUT2D eigenvalue weighted by molar-refractivity contribution is 6.25. The summed E-state index contributed by atoms with van der Waals surface area (Å²) in [5, 5.41) is 17.5. The molecule has 0 spiro atoms. The zero-order valence-corrected chi connectivity index (χ0v) is 19.7. The molecule has 0 saturated heterocycles. The average Bonchev–Trinajstić information content (AvgIpc) is 3.38. The number of hydrogen-bond acceptors (Lipinski definition) is 7. The van der Waals surface area contributed by atoms with E-state index in [0.29, 0.717) is 34.2 Å². The lowest BCUT2D eigenvalue weighted by Crippen LogP contribution is -2.34. The molecule has 0 bridgehead atoms. The van der Waals surface area contributed by atoms with Gasteiger partial charge in [-0.2, -0.15) is 5.10 Å². The Morgan fingerprint density at radius 3 is 2.60 bits per heavy atom. The second kappa shape index (κ2) is 8.71. The van der Waals surface area contributed by atoms with Crippen LogP contribution in [0.1, 0.15) is 56.8 Å². The van der Waals surface area contributed by atoms with E-state index in [1.165, 1.54) is 41.6 Å². The molecule has 1 aromatic heterocycles. The lowest BCUT2D eigenvalue weighted by Gasteiger charge is -2.15. The summed E-state index contributed by atoms with van der Waals surface area (Å²) < 4.78 is 1.17. The van der Waals surface area contributed by atoms with Crippen molar-refractivity contribution in [2.24, 2.45) is 5.41 Å². The predicted molar refractivity (Wildman–Crippen MR) is 127 cm³/mol. The van der Waals surface area contributed by atoms with Crippen LogP contribution >= 0.6 is 0 Å². The molecular formula is C25H23N5O5. The summed E-state index contributed by atoms with van der Waals surface area (Å²) in [5.74, 6) is -1.44. The fraction of sp³-hybridized carbons (Fsp3) is 0.240. The number of carbonyl (C=O) groups is 3. The third-order valence-corrected chi connectivity index (χ3v) is 6.02. The third-order valence-electron chi connectivity index (χ3n) is 6.02. The minimum atomic E-state index is -0.774. The second-order valence-corrected chi connectivity index (χ2v) is 9.13. The Balaban J connectivity index is 1.72. The minimum Gasteiger partial charge on any atom is -0.294 e. The fourth-order valence-electron chi connectivity index (χ4n) is 4.42. The van der Waals surface area contributed by atoms with Gasteiger partial charge in [-0.1, -0.05) is 32.0 Å². The van der Waals surface area contributed by atoms with Gasteiger partial charge < -0.3 is 0 Å². The van der Waals surface area contributed by atoms with E-state index in [9.17, 15) is 24.5 Å². The molecule has 35 heavy (non-hydrogen) atoms. The summed E-state index contributed by atoms with van der Waals surface area (Å²) in [6.07, 6.45) is 4.27. The van der Waals surface area contributed by atoms with E-state index in [-0.39, 0.29) is 17.2 Å². The van der Waals surface area contributed by atoms with Gasteiger partial charge in [0.2, 0.25) is 0 Å². The Labute approximate surface area is 200 Å². The molecule has 3 aromatic rings. The van der Waals surface area contributed by atoms with Gasteiger partial charge in [0.15, 0.2) is 5.78 Å². The summed E-state index contributed by atoms with van der Waals surface area (Å²) in [4.78, 5) is 53.9. The highest BCUT2D eigenvalue weighted by Crippen LogP contribution is 2.40. The van der Waals surface area contributed by atoms with Gasteiger partial charge in [0.05, 0.1) is 4.92 Å². The molecule has 0 saturated carbocycles. The van der Waals surface area contributed by atoms with Crippen LogP contribution < -0.4 is 5.32 Å². The highest BCUT2D eigenvalue weighted by atomic mass is 16.6. The topological polar surface area (TPSA) is 137 Å². The van der Waals surface area contributed by atoms with Crippen molar-refractivity contribution < 1.29 is 19.3 Å². The van der Waals surface area contributed by atoms with Crippen molar-refractivity contribution in [3.05, 3.63) is 86.5 Å². The number of nitrogens with one attached hydrogen (secondary N) is 1. The Morgan fingerprint density at radius 2 is 1.94 bits per heavy atom. The summed E-state index contributed by atoms with van der Waals surface area (Å²) in [6.45, 7) is 7.27. The second-order valence-electron chi connectivity index (χ2n) is 9.13. The van der Waals surface area contributed by atoms with Crippen molar-refractivity contribution in [1.82, 2.24) is 20.1 Å². The third kappa shape index (κ3) is 4.37. The number of aryl methyl sites for hydroxylation is 2. The molecule has 1 heterocycles. The molecule has 1 N–H and O–H groups in total. The first-order valence-electron chi connectivity index (χ1n) is 10.8. The van der Waals surface area contributed by atoms with Crippen molar-refractivity contribution >= 4 is 35.1 Å². The molecule has 2 aromatic carbocycles. The average molecular weight is 473 g/mol. The van der Waals surface area contributed by atoms with E-state index in [1.54, 1.807) is 19.1 Å². The van der Waals surface area contributed by atoms with Crippen molar-refractivity contribution in [2.45, 2.75) is 34.1 Å². The maximum Gasteiger partial charge on any atom is 0.276 e. The number of ketones is 1. The zero-order valence-electron chi connectivity index (χ0n) is 19.7. The van der Waals surface area contributed by atoms with E-state index in [0.717, 1.165) is 5.56 Å². The fourth-order valence-corrected chi connectivity index (χ4v) is 4.42. The first kappa shape index (κ1) is 23.7. The van der Waals surface area contributed by atoms with Crippen molar-refractivity contribution in [1.29, 1.82) is 0 Å². The predicted octanol–water partition coefficient (Wildman–Crippen LogP) is 3.52. The van der Waals surface area contributed by atoms with Crippen molar-refractivity contribution in [3.63, 3.8) is 0 Å². The molecule has 0 radical (unpaired) electrons. The van der Waals surface area contributed by atoms with E-state index < -0.39 is 22.2 Å². The van der Waals surface area contributed by atoms with E-state index in [2.05, 4.69) is 15.4 Å². The van der Waals surface area contributed by atoms with Crippen LogP contribution in [0.25, 0.3) is 11.8 Å². The number of imide groups is 1. The van der Waals surface area contributed by atoms with Crippen LogP contribution in [0.3, 0.4) is 0 Å². The number of aromatic nitrogens is 3. The van der Waals surface area contributed by atoms with Crippen LogP contribution in [0.2, 0.25) is 0 Å². The smallest absolute Gasteiger partial charge is 0.276 e. The lowest BCUT2D eigenvalue weighted by molar-refractivity contribution is -0.384. The van der Waals surface area contributed by atoms with Gasteiger partial charge in [-0.25, -0.2) is 9.67 Å².